The van der Waals surface area contributed by atoms with Crippen LogP contribution in [0.5, 0.6) is 0 Å². The summed E-state index contributed by atoms with van der Waals surface area (Å²) in [5, 5.41) is 15.1. The first-order valence-electron chi connectivity index (χ1n) is 20.8. The molecule has 12 rings (SSSR count). The molecule has 0 heteroatoms. The van der Waals surface area contributed by atoms with Crippen LogP contribution in [0.3, 0.4) is 0 Å². The van der Waals surface area contributed by atoms with Crippen LogP contribution in [-0.2, 0) is 0 Å². The van der Waals surface area contributed by atoms with Crippen LogP contribution in [-0.4, -0.2) is 0 Å². The standard InChI is InChI=1S/C60H38/c1-3-13-41(14-4-1)57-37-47-33-43(25-29-53(47)55-31-27-45(35-59(55)57)51-23-11-19-39-17-7-9-21-49(39)51)44-26-30-54-48(34-44)38-58(42-15-5-2-6-16-42)60-36-46(28-32-56(54)60)52-24-12-20-40-18-8-10-22-50(40)52/h1-38H. The Kier molecular flexibility index (Phi) is 7.96. The monoisotopic (exact) mass is 758 g/mol. The average Bonchev–Trinajstić information content (AvgIpc) is 3.33. The Bertz CT molecular complexity index is 3380. The summed E-state index contributed by atoms with van der Waals surface area (Å²) in [6.07, 6.45) is 0. The molecule has 0 aromatic heterocycles. The first kappa shape index (κ1) is 34.3. The molecule has 0 fully saturated rings. The highest BCUT2D eigenvalue weighted by atomic mass is 14.2. The molecule has 0 unspecified atom stereocenters. The van der Waals surface area contributed by atoms with E-state index in [0.717, 1.165) is 0 Å². The van der Waals surface area contributed by atoms with E-state index in [0.29, 0.717) is 0 Å². The molecule has 60 heavy (non-hydrogen) atoms. The second-order valence-corrected chi connectivity index (χ2v) is 16.0. The van der Waals surface area contributed by atoms with E-state index in [2.05, 4.69) is 231 Å². The Hall–Kier alpha value is -7.80. The van der Waals surface area contributed by atoms with Gasteiger partial charge in [-0.25, -0.2) is 0 Å². The van der Waals surface area contributed by atoms with Gasteiger partial charge >= 0.3 is 0 Å². The van der Waals surface area contributed by atoms with Crippen molar-refractivity contribution < 1.29 is 0 Å². The number of hydrogen-bond acceptors (Lipinski definition) is 0. The predicted octanol–water partition coefficient (Wildman–Crippen LogP) is 16.9. The Morgan fingerprint density at radius 3 is 1.00 bits per heavy atom. The minimum absolute atomic E-state index is 1.21. The molecule has 0 radical (unpaired) electrons. The minimum Gasteiger partial charge on any atom is -0.0622 e. The molecular formula is C60H38. The van der Waals surface area contributed by atoms with E-state index in [9.17, 15) is 0 Å². The van der Waals surface area contributed by atoms with Crippen LogP contribution in [0.1, 0.15) is 0 Å². The lowest BCUT2D eigenvalue weighted by molar-refractivity contribution is 1.64. The van der Waals surface area contributed by atoms with Gasteiger partial charge in [0.25, 0.3) is 0 Å². The van der Waals surface area contributed by atoms with Gasteiger partial charge < -0.3 is 0 Å². The van der Waals surface area contributed by atoms with Crippen molar-refractivity contribution >= 4 is 64.6 Å². The van der Waals surface area contributed by atoms with E-state index in [4.69, 9.17) is 0 Å². The van der Waals surface area contributed by atoms with Gasteiger partial charge in [0.15, 0.2) is 0 Å². The molecule has 278 valence electrons. The van der Waals surface area contributed by atoms with E-state index in [1.54, 1.807) is 0 Å². The van der Waals surface area contributed by atoms with E-state index < -0.39 is 0 Å². The summed E-state index contributed by atoms with van der Waals surface area (Å²) in [6.45, 7) is 0. The van der Waals surface area contributed by atoms with Crippen molar-refractivity contribution in [1.29, 1.82) is 0 Å². The summed E-state index contributed by atoms with van der Waals surface area (Å²) in [5.74, 6) is 0. The molecule has 0 spiro atoms. The molecule has 0 nitrogen and oxygen atoms in total. The van der Waals surface area contributed by atoms with Gasteiger partial charge in [-0.3, -0.25) is 0 Å². The van der Waals surface area contributed by atoms with Crippen molar-refractivity contribution in [2.45, 2.75) is 0 Å². The van der Waals surface area contributed by atoms with Crippen LogP contribution >= 0.6 is 0 Å². The lowest BCUT2D eigenvalue weighted by Gasteiger charge is -2.16. The molecular weight excluding hydrogens is 721 g/mol. The highest BCUT2D eigenvalue weighted by molar-refractivity contribution is 6.18. The summed E-state index contributed by atoms with van der Waals surface area (Å²) in [4.78, 5) is 0. The number of hydrogen-bond donors (Lipinski definition) is 0. The molecule has 0 heterocycles. The zero-order valence-electron chi connectivity index (χ0n) is 32.9. The molecule has 12 aromatic rings. The summed E-state index contributed by atoms with van der Waals surface area (Å²) >= 11 is 0. The third-order valence-corrected chi connectivity index (χ3v) is 12.6. The van der Waals surface area contributed by atoms with Crippen LogP contribution in [0.2, 0.25) is 0 Å². The third-order valence-electron chi connectivity index (χ3n) is 12.6. The van der Waals surface area contributed by atoms with Gasteiger partial charge in [0.2, 0.25) is 0 Å². The van der Waals surface area contributed by atoms with Crippen molar-refractivity contribution in [2.75, 3.05) is 0 Å². The van der Waals surface area contributed by atoms with Crippen molar-refractivity contribution in [1.82, 2.24) is 0 Å². The lowest BCUT2D eigenvalue weighted by Crippen LogP contribution is -1.89. The van der Waals surface area contributed by atoms with Crippen molar-refractivity contribution in [3.05, 3.63) is 231 Å². The lowest BCUT2D eigenvalue weighted by atomic mass is 9.88. The molecule has 0 amide bonds. The fraction of sp³-hybridized carbons (Fsp3) is 0. The molecule has 0 aliphatic heterocycles. The van der Waals surface area contributed by atoms with Crippen LogP contribution < -0.4 is 0 Å². The highest BCUT2D eigenvalue weighted by Crippen LogP contribution is 2.42. The molecule has 0 N–H and O–H groups in total. The maximum Gasteiger partial charge on any atom is -0.00928 e. The first-order chi connectivity index (χ1) is 29.7. The Balaban J connectivity index is 1.02. The molecule has 0 aliphatic rings. The SMILES string of the molecule is c1ccc(-c2cc3cc(-c4ccc5c(c4)cc(-c4ccccc4)c4cc(-c6cccc7ccccc67)ccc45)ccc3c3ccc(-c4cccc5ccccc45)cc23)cc1. The van der Waals surface area contributed by atoms with E-state index in [1.807, 2.05) is 0 Å². The van der Waals surface area contributed by atoms with Crippen LogP contribution in [0.15, 0.2) is 231 Å². The Labute approximate surface area is 349 Å². The fourth-order valence-electron chi connectivity index (χ4n) is 9.69. The largest absolute Gasteiger partial charge is 0.0622 e. The van der Waals surface area contributed by atoms with E-state index in [1.165, 1.54) is 120 Å². The summed E-state index contributed by atoms with van der Waals surface area (Å²) in [7, 11) is 0. The molecule has 12 aromatic carbocycles. The topological polar surface area (TPSA) is 0 Å². The predicted molar refractivity (Wildman–Crippen MR) is 259 cm³/mol. The summed E-state index contributed by atoms with van der Waals surface area (Å²) < 4.78 is 0. The summed E-state index contributed by atoms with van der Waals surface area (Å²) in [6, 6.07) is 85.2. The van der Waals surface area contributed by atoms with Gasteiger partial charge in [0.1, 0.15) is 0 Å². The van der Waals surface area contributed by atoms with E-state index in [-0.39, 0.29) is 0 Å². The maximum absolute atomic E-state index is 2.40. The number of rotatable bonds is 5. The highest BCUT2D eigenvalue weighted by Gasteiger charge is 2.15. The zero-order valence-corrected chi connectivity index (χ0v) is 32.9. The van der Waals surface area contributed by atoms with Crippen molar-refractivity contribution in [3.8, 4) is 55.6 Å². The fourth-order valence-corrected chi connectivity index (χ4v) is 9.69. The van der Waals surface area contributed by atoms with Crippen LogP contribution in [0.4, 0.5) is 0 Å². The van der Waals surface area contributed by atoms with Gasteiger partial charge in [-0.2, -0.15) is 0 Å². The normalized spacial score (nSPS) is 11.7. The van der Waals surface area contributed by atoms with Gasteiger partial charge in [0.05, 0.1) is 0 Å². The molecule has 0 saturated heterocycles. The average molecular weight is 759 g/mol. The molecule has 0 saturated carbocycles. The minimum atomic E-state index is 1.21. The second-order valence-electron chi connectivity index (χ2n) is 16.0. The van der Waals surface area contributed by atoms with Gasteiger partial charge in [-0.05, 0) is 157 Å². The number of benzene rings is 12. The first-order valence-corrected chi connectivity index (χ1v) is 20.8. The smallest absolute Gasteiger partial charge is 0.00928 e. The molecule has 0 aliphatic carbocycles. The third kappa shape index (κ3) is 5.69. The second kappa shape index (κ2) is 13.9. The molecule has 0 atom stereocenters. The molecule has 0 bridgehead atoms. The van der Waals surface area contributed by atoms with Crippen molar-refractivity contribution in [3.63, 3.8) is 0 Å². The van der Waals surface area contributed by atoms with Gasteiger partial charge in [0, 0.05) is 0 Å². The van der Waals surface area contributed by atoms with Gasteiger partial charge in [-0.15, -0.1) is 0 Å². The van der Waals surface area contributed by atoms with Crippen LogP contribution in [0, 0.1) is 0 Å². The van der Waals surface area contributed by atoms with E-state index >= 15 is 0 Å². The summed E-state index contributed by atoms with van der Waals surface area (Å²) in [5.41, 5.74) is 12.3. The zero-order chi connectivity index (χ0) is 39.6. The Morgan fingerprint density at radius 2 is 0.533 bits per heavy atom. The van der Waals surface area contributed by atoms with Crippen LogP contribution in [0.25, 0.3) is 120 Å². The number of fused-ring (bicyclic) bond motifs is 8. The van der Waals surface area contributed by atoms with Crippen molar-refractivity contribution in [2.24, 2.45) is 0 Å². The maximum atomic E-state index is 2.40. The quantitative estimate of drug-likeness (QED) is 0.153. The Morgan fingerprint density at radius 1 is 0.150 bits per heavy atom. The van der Waals surface area contributed by atoms with Gasteiger partial charge in [-0.1, -0.05) is 194 Å².